The average molecular weight is 987 g/mol. The number of amides is 1. The maximum absolute atomic E-state index is 13.7. The molecule has 0 atom stereocenters. The SMILES string of the molecule is O=C(O)c1ccccc1-c1cnc2c(c1)N(Cc1cc(Cl)ccc1Cl)CCN2.O=C(c1cnc2c(c1)N(Cc1cc(Cl)ccc1Cl)CCN2)N1CCN(C(c2ccccc2)c2ccccc2)CC1. The summed E-state index contributed by atoms with van der Waals surface area (Å²) in [4.78, 5) is 43.2. The van der Waals surface area contributed by atoms with Gasteiger partial charge in [-0.05, 0) is 82.4 Å². The van der Waals surface area contributed by atoms with E-state index in [1.165, 1.54) is 11.1 Å². The Bertz CT molecular complexity index is 2880. The maximum Gasteiger partial charge on any atom is 0.336 e. The van der Waals surface area contributed by atoms with E-state index < -0.39 is 5.97 Å². The number of rotatable bonds is 10. The van der Waals surface area contributed by atoms with Gasteiger partial charge in [0.1, 0.15) is 11.6 Å². The molecule has 15 heteroatoms. The number of hydrogen-bond donors (Lipinski definition) is 3. The van der Waals surface area contributed by atoms with Crippen LogP contribution in [-0.2, 0) is 13.1 Å². The van der Waals surface area contributed by atoms with E-state index in [9.17, 15) is 14.7 Å². The number of nitrogens with zero attached hydrogens (tertiary/aromatic N) is 6. The van der Waals surface area contributed by atoms with Crippen LogP contribution in [0.4, 0.5) is 23.0 Å². The Morgan fingerprint density at radius 3 is 1.66 bits per heavy atom. The van der Waals surface area contributed by atoms with Crippen molar-refractivity contribution in [3.8, 4) is 11.1 Å². The maximum atomic E-state index is 13.7. The van der Waals surface area contributed by atoms with Gasteiger partial charge in [-0.1, -0.05) is 125 Å². The zero-order valence-electron chi connectivity index (χ0n) is 37.0. The molecule has 1 amide bonds. The molecule has 1 fully saturated rings. The average Bonchev–Trinajstić information content (AvgIpc) is 3.37. The minimum atomic E-state index is -0.964. The normalized spacial score (nSPS) is 14.5. The zero-order valence-corrected chi connectivity index (χ0v) is 40.0. The molecular formula is C53H48Cl4N8O3. The van der Waals surface area contributed by atoms with Gasteiger partial charge in [0, 0.05) is 103 Å². The second kappa shape index (κ2) is 21.3. The monoisotopic (exact) mass is 984 g/mol. The fraction of sp³-hybridized carbons (Fsp3) is 0.208. The third kappa shape index (κ3) is 10.7. The van der Waals surface area contributed by atoms with Crippen LogP contribution in [0.3, 0.4) is 0 Å². The number of piperazine rings is 1. The summed E-state index contributed by atoms with van der Waals surface area (Å²) in [6.45, 7) is 7.13. The Morgan fingerprint density at radius 2 is 1.10 bits per heavy atom. The molecule has 0 unspecified atom stereocenters. The second-order valence-electron chi connectivity index (χ2n) is 16.8. The minimum absolute atomic E-state index is 0.0113. The third-order valence-electron chi connectivity index (χ3n) is 12.4. The lowest BCUT2D eigenvalue weighted by atomic mass is 9.96. The molecule has 0 bridgehead atoms. The molecule has 1 saturated heterocycles. The topological polar surface area (TPSA) is 117 Å². The first-order valence-electron chi connectivity index (χ1n) is 22.4. The van der Waals surface area contributed by atoms with E-state index in [0.717, 1.165) is 79.0 Å². The highest BCUT2D eigenvalue weighted by molar-refractivity contribution is 6.34. The van der Waals surface area contributed by atoms with Gasteiger partial charge in [0.25, 0.3) is 5.91 Å². The third-order valence-corrected chi connectivity index (χ3v) is 13.6. The van der Waals surface area contributed by atoms with E-state index in [2.05, 4.69) is 96.0 Å². The van der Waals surface area contributed by atoms with E-state index in [1.807, 2.05) is 41.3 Å². The van der Waals surface area contributed by atoms with Gasteiger partial charge < -0.3 is 30.4 Å². The van der Waals surface area contributed by atoms with Crippen molar-refractivity contribution in [3.05, 3.63) is 199 Å². The molecule has 11 nitrogen and oxygen atoms in total. The number of benzene rings is 5. The van der Waals surface area contributed by atoms with Crippen molar-refractivity contribution >= 4 is 81.3 Å². The highest BCUT2D eigenvalue weighted by Gasteiger charge is 2.30. The van der Waals surface area contributed by atoms with Crippen LogP contribution < -0.4 is 20.4 Å². The van der Waals surface area contributed by atoms with Crippen LogP contribution in [0.1, 0.15) is 49.0 Å². The van der Waals surface area contributed by atoms with Crippen molar-refractivity contribution in [2.75, 3.05) is 72.8 Å². The van der Waals surface area contributed by atoms with Gasteiger partial charge in [-0.3, -0.25) is 9.69 Å². The minimum Gasteiger partial charge on any atom is -0.478 e. The van der Waals surface area contributed by atoms with Crippen LogP contribution >= 0.6 is 46.4 Å². The molecule has 10 rings (SSSR count). The van der Waals surface area contributed by atoms with Gasteiger partial charge in [-0.15, -0.1) is 0 Å². The molecule has 0 saturated carbocycles. The summed E-state index contributed by atoms with van der Waals surface area (Å²) in [5.74, 6) is 0.589. The summed E-state index contributed by atoms with van der Waals surface area (Å²) in [5, 5.41) is 18.8. The lowest BCUT2D eigenvalue weighted by molar-refractivity contribution is 0.0596. The van der Waals surface area contributed by atoms with Crippen LogP contribution in [-0.4, -0.2) is 89.1 Å². The molecule has 3 aliphatic rings. The number of fused-ring (bicyclic) bond motifs is 2. The number of aromatic nitrogens is 2. The number of hydrogen-bond acceptors (Lipinski definition) is 9. The molecule has 0 aliphatic carbocycles. The van der Waals surface area contributed by atoms with Gasteiger partial charge in [0.05, 0.1) is 28.5 Å². The van der Waals surface area contributed by atoms with Crippen molar-refractivity contribution in [3.63, 3.8) is 0 Å². The first kappa shape index (κ1) is 46.8. The highest BCUT2D eigenvalue weighted by atomic mass is 35.5. The van der Waals surface area contributed by atoms with Crippen LogP contribution in [0, 0.1) is 0 Å². The number of carboxylic acids is 1. The molecule has 7 aromatic rings. The zero-order chi connectivity index (χ0) is 47.1. The Hall–Kier alpha value is -6.34. The Labute approximate surface area is 415 Å². The standard InChI is InChI=1S/C32H31Cl2N5O.C21H17Cl2N3O2/c33-27-11-12-28(34)26(19-27)22-39-14-13-35-31-29(39)20-25(21-36-31)32(40)38-17-15-37(16-18-38)30(23-7-3-1-4-8-23)24-9-5-2-6-10-24;22-15-5-6-18(23)14(9-15)12-26-8-7-24-20-19(26)10-13(11-25-20)16-3-1-2-4-17(16)21(27)28/h1-12,19-21,30H,13-18,22H2,(H,35,36);1-6,9-11H,7-8,12H2,(H,24,25)(H,27,28). The van der Waals surface area contributed by atoms with Crippen LogP contribution in [0.25, 0.3) is 11.1 Å². The molecule has 5 aromatic carbocycles. The molecule has 5 heterocycles. The van der Waals surface area contributed by atoms with Crippen molar-refractivity contribution in [1.82, 2.24) is 19.8 Å². The summed E-state index contributed by atoms with van der Waals surface area (Å²) >= 11 is 25.2. The smallest absolute Gasteiger partial charge is 0.336 e. The number of aromatic carboxylic acids is 1. The second-order valence-corrected chi connectivity index (χ2v) is 18.4. The number of anilines is 4. The van der Waals surface area contributed by atoms with Gasteiger partial charge in [0.15, 0.2) is 0 Å². The van der Waals surface area contributed by atoms with Crippen molar-refractivity contribution in [2.45, 2.75) is 19.1 Å². The van der Waals surface area contributed by atoms with Crippen molar-refractivity contribution in [1.29, 1.82) is 0 Å². The number of carbonyl (C=O) groups is 2. The van der Waals surface area contributed by atoms with E-state index in [0.29, 0.717) is 57.4 Å². The molecule has 346 valence electrons. The van der Waals surface area contributed by atoms with Gasteiger partial charge in [-0.2, -0.15) is 0 Å². The first-order valence-corrected chi connectivity index (χ1v) is 23.9. The lowest BCUT2D eigenvalue weighted by Crippen LogP contribution is -2.50. The lowest BCUT2D eigenvalue weighted by Gasteiger charge is -2.40. The predicted octanol–water partition coefficient (Wildman–Crippen LogP) is 11.6. The molecule has 0 spiro atoms. The van der Waals surface area contributed by atoms with Gasteiger partial charge >= 0.3 is 5.97 Å². The summed E-state index contributed by atoms with van der Waals surface area (Å²) in [7, 11) is 0. The van der Waals surface area contributed by atoms with Crippen LogP contribution in [0.15, 0.2) is 146 Å². The number of carbonyl (C=O) groups excluding carboxylic acids is 1. The summed E-state index contributed by atoms with van der Waals surface area (Å²) in [6, 6.07) is 43.1. The number of halogens is 4. The van der Waals surface area contributed by atoms with Gasteiger partial charge in [0.2, 0.25) is 0 Å². The quantitative estimate of drug-likeness (QED) is 0.122. The van der Waals surface area contributed by atoms with Gasteiger partial charge in [-0.25, -0.2) is 14.8 Å². The molecular weight excluding hydrogens is 938 g/mol. The summed E-state index contributed by atoms with van der Waals surface area (Å²) in [6.07, 6.45) is 3.39. The van der Waals surface area contributed by atoms with E-state index in [-0.39, 0.29) is 17.5 Å². The number of nitrogens with one attached hydrogen (secondary N) is 2. The fourth-order valence-electron chi connectivity index (χ4n) is 9.03. The Balaban J connectivity index is 0.000000181. The van der Waals surface area contributed by atoms with Crippen molar-refractivity contribution in [2.24, 2.45) is 0 Å². The predicted molar refractivity (Wildman–Crippen MR) is 275 cm³/mol. The number of carboxylic acid groups (broad SMARTS) is 1. The van der Waals surface area contributed by atoms with Crippen LogP contribution in [0.2, 0.25) is 20.1 Å². The molecule has 3 N–H and O–H groups in total. The molecule has 3 aliphatic heterocycles. The number of pyridine rings is 2. The summed E-state index contributed by atoms with van der Waals surface area (Å²) < 4.78 is 0. The van der Waals surface area contributed by atoms with E-state index >= 15 is 0 Å². The molecule has 0 radical (unpaired) electrons. The summed E-state index contributed by atoms with van der Waals surface area (Å²) in [5.41, 5.74) is 8.44. The van der Waals surface area contributed by atoms with Crippen LogP contribution in [0.5, 0.6) is 0 Å². The fourth-order valence-corrected chi connectivity index (χ4v) is 9.77. The molecule has 68 heavy (non-hydrogen) atoms. The highest BCUT2D eigenvalue weighted by Crippen LogP contribution is 2.36. The van der Waals surface area contributed by atoms with E-state index in [4.69, 9.17) is 46.4 Å². The van der Waals surface area contributed by atoms with Crippen molar-refractivity contribution < 1.29 is 14.7 Å². The largest absolute Gasteiger partial charge is 0.478 e. The Morgan fingerprint density at radius 1 is 0.588 bits per heavy atom. The first-order chi connectivity index (χ1) is 33.1. The molecule has 2 aromatic heterocycles. The van der Waals surface area contributed by atoms with E-state index in [1.54, 1.807) is 48.8 Å². The Kier molecular flexibility index (Phi) is 14.7.